The number of aliphatic hydroxyl groups excluding tert-OH is 1. The van der Waals surface area contributed by atoms with E-state index in [-0.39, 0.29) is 37.1 Å². The van der Waals surface area contributed by atoms with E-state index in [0.717, 1.165) is 18.2 Å². The Labute approximate surface area is 157 Å². The van der Waals surface area contributed by atoms with Gasteiger partial charge in [-0.1, -0.05) is 12.2 Å². The number of rotatable bonds is 6. The lowest BCUT2D eigenvalue weighted by Gasteiger charge is -2.27. The number of carbonyl (C=O) groups is 1. The van der Waals surface area contributed by atoms with E-state index in [4.69, 9.17) is 4.74 Å². The highest BCUT2D eigenvalue weighted by atomic mass is 16.5. The molecule has 0 radical (unpaired) electrons. The molecule has 1 fully saturated rings. The first-order chi connectivity index (χ1) is 13.1. The Morgan fingerprint density at radius 1 is 1.30 bits per heavy atom. The van der Waals surface area contributed by atoms with E-state index in [0.29, 0.717) is 28.7 Å². The molecule has 0 saturated heterocycles. The molecule has 6 heteroatoms. The number of aliphatic hydroxyl groups is 1. The van der Waals surface area contributed by atoms with E-state index < -0.39 is 0 Å². The number of H-pyrrole nitrogens is 1. The van der Waals surface area contributed by atoms with Crippen LogP contribution < -0.4 is 10.3 Å². The minimum Gasteiger partial charge on any atom is -0.497 e. The quantitative estimate of drug-likeness (QED) is 0.765. The molecule has 2 aliphatic rings. The summed E-state index contributed by atoms with van der Waals surface area (Å²) in [6.45, 7) is 0.315. The second kappa shape index (κ2) is 7.19. The molecule has 1 aromatic heterocycles. The molecule has 27 heavy (non-hydrogen) atoms. The Bertz CT molecular complexity index is 949. The zero-order valence-electron chi connectivity index (χ0n) is 15.4. The maximum atomic E-state index is 13.0. The molecule has 6 nitrogen and oxygen atoms in total. The smallest absolute Gasteiger partial charge is 0.253 e. The van der Waals surface area contributed by atoms with E-state index in [1.54, 1.807) is 18.1 Å². The molecule has 1 aromatic carbocycles. The van der Waals surface area contributed by atoms with Crippen LogP contribution in [0, 0.1) is 17.8 Å². The molecule has 1 saturated carbocycles. The summed E-state index contributed by atoms with van der Waals surface area (Å²) in [4.78, 5) is 30.1. The van der Waals surface area contributed by atoms with Gasteiger partial charge >= 0.3 is 0 Å². The largest absolute Gasteiger partial charge is 0.497 e. The number of nitrogens with zero attached hydrogens (tertiary/aromatic N) is 1. The highest BCUT2D eigenvalue weighted by Crippen LogP contribution is 2.44. The normalized spacial score (nSPS) is 23.1. The first-order valence-electron chi connectivity index (χ1n) is 9.37. The first-order valence-corrected chi connectivity index (χ1v) is 9.37. The van der Waals surface area contributed by atoms with Gasteiger partial charge in [-0.3, -0.25) is 9.59 Å². The molecule has 2 aromatic rings. The van der Waals surface area contributed by atoms with Gasteiger partial charge in [-0.05, 0) is 48.3 Å². The minimum absolute atomic E-state index is 0.0321. The summed E-state index contributed by atoms with van der Waals surface area (Å²) in [7, 11) is 1.58. The van der Waals surface area contributed by atoms with Crippen molar-refractivity contribution in [2.24, 2.45) is 17.8 Å². The Kier molecular flexibility index (Phi) is 4.74. The molecular formula is C21H24N2O4. The molecule has 4 rings (SSSR count). The Morgan fingerprint density at radius 2 is 2.15 bits per heavy atom. The van der Waals surface area contributed by atoms with E-state index in [2.05, 4.69) is 17.1 Å². The van der Waals surface area contributed by atoms with Crippen molar-refractivity contribution in [3.8, 4) is 5.75 Å². The van der Waals surface area contributed by atoms with Crippen molar-refractivity contribution in [1.82, 2.24) is 9.88 Å². The molecule has 0 unspecified atom stereocenters. The van der Waals surface area contributed by atoms with Crippen molar-refractivity contribution in [1.29, 1.82) is 0 Å². The third-order valence-corrected chi connectivity index (χ3v) is 5.77. The summed E-state index contributed by atoms with van der Waals surface area (Å²) in [5, 5.41) is 10.3. The predicted octanol–water partition coefficient (Wildman–Crippen LogP) is 2.07. The van der Waals surface area contributed by atoms with Crippen LogP contribution in [0.3, 0.4) is 0 Å². The zero-order chi connectivity index (χ0) is 19.0. The van der Waals surface area contributed by atoms with Gasteiger partial charge in [-0.2, -0.15) is 0 Å². The molecule has 2 aliphatic carbocycles. The molecule has 2 N–H and O–H groups in total. The number of ether oxygens (including phenoxy) is 1. The van der Waals surface area contributed by atoms with Crippen LogP contribution in [-0.4, -0.2) is 41.2 Å². The van der Waals surface area contributed by atoms with Crippen LogP contribution in [0.4, 0.5) is 0 Å². The molecule has 2 bridgehead atoms. The number of fused-ring (bicyclic) bond motifs is 3. The van der Waals surface area contributed by atoms with Crippen LogP contribution >= 0.6 is 0 Å². The number of nitrogens with one attached hydrogen (secondary N) is 1. The van der Waals surface area contributed by atoms with Gasteiger partial charge < -0.3 is 19.7 Å². The number of hydrogen-bond acceptors (Lipinski definition) is 4. The SMILES string of the molecule is COc1ccc2cc(CN(CCO)C(=O)[C@@H]3C[C@@H]4C=C[C@H]3C4)c(=O)[nH]c2c1. The molecule has 3 atom stereocenters. The number of amides is 1. The van der Waals surface area contributed by atoms with Crippen LogP contribution in [-0.2, 0) is 11.3 Å². The Morgan fingerprint density at radius 3 is 2.81 bits per heavy atom. The van der Waals surface area contributed by atoms with Crippen molar-refractivity contribution in [3.63, 3.8) is 0 Å². The molecule has 142 valence electrons. The van der Waals surface area contributed by atoms with Crippen LogP contribution in [0.15, 0.2) is 41.2 Å². The van der Waals surface area contributed by atoms with Crippen molar-refractivity contribution >= 4 is 16.8 Å². The monoisotopic (exact) mass is 368 g/mol. The standard InChI is InChI=1S/C21H24N2O4/c1-27-17-5-4-15-10-16(20(25)22-19(15)11-17)12-23(6-7-24)21(26)18-9-13-2-3-14(18)8-13/h2-5,10-11,13-14,18,24H,6-9,12H2,1H3,(H,22,25)/t13-,14+,18-/m1/s1. The van der Waals surface area contributed by atoms with Gasteiger partial charge in [0.1, 0.15) is 5.75 Å². The fourth-order valence-electron chi connectivity index (χ4n) is 4.36. The zero-order valence-corrected chi connectivity index (χ0v) is 15.4. The third-order valence-electron chi connectivity index (χ3n) is 5.77. The van der Waals surface area contributed by atoms with Crippen LogP contribution in [0.25, 0.3) is 10.9 Å². The van der Waals surface area contributed by atoms with Gasteiger partial charge in [0.25, 0.3) is 5.56 Å². The Balaban J connectivity index is 1.59. The van der Waals surface area contributed by atoms with E-state index >= 15 is 0 Å². The van der Waals surface area contributed by atoms with E-state index in [1.807, 2.05) is 18.2 Å². The third kappa shape index (κ3) is 3.37. The summed E-state index contributed by atoms with van der Waals surface area (Å²) in [6, 6.07) is 7.31. The summed E-state index contributed by atoms with van der Waals surface area (Å²) >= 11 is 0. The predicted molar refractivity (Wildman–Crippen MR) is 102 cm³/mol. The molecule has 1 amide bonds. The van der Waals surface area contributed by atoms with Gasteiger partial charge in [0.05, 0.1) is 25.8 Å². The van der Waals surface area contributed by atoms with Crippen LogP contribution in [0.1, 0.15) is 18.4 Å². The average Bonchev–Trinajstić information content (AvgIpc) is 3.30. The molecule has 1 heterocycles. The lowest BCUT2D eigenvalue weighted by atomic mass is 9.92. The van der Waals surface area contributed by atoms with Crippen LogP contribution in [0.5, 0.6) is 5.75 Å². The Hall–Kier alpha value is -2.60. The van der Waals surface area contributed by atoms with Gasteiger partial charge in [0.15, 0.2) is 0 Å². The van der Waals surface area contributed by atoms with E-state index in [9.17, 15) is 14.7 Å². The maximum Gasteiger partial charge on any atom is 0.253 e. The van der Waals surface area contributed by atoms with Crippen molar-refractivity contribution in [3.05, 3.63) is 52.3 Å². The number of aromatic nitrogens is 1. The fraction of sp³-hybridized carbons (Fsp3) is 0.429. The summed E-state index contributed by atoms with van der Waals surface area (Å²) < 4.78 is 5.19. The highest BCUT2D eigenvalue weighted by Gasteiger charge is 2.41. The minimum atomic E-state index is -0.223. The van der Waals surface area contributed by atoms with E-state index in [1.165, 1.54) is 0 Å². The number of carbonyl (C=O) groups excluding carboxylic acids is 1. The molecular weight excluding hydrogens is 344 g/mol. The van der Waals surface area contributed by atoms with Gasteiger partial charge in [0, 0.05) is 24.1 Å². The van der Waals surface area contributed by atoms with Crippen LogP contribution in [0.2, 0.25) is 0 Å². The van der Waals surface area contributed by atoms with Crippen molar-refractivity contribution < 1.29 is 14.6 Å². The number of benzene rings is 1. The number of hydrogen-bond donors (Lipinski definition) is 2. The summed E-state index contributed by atoms with van der Waals surface area (Å²) in [5.41, 5.74) is 0.994. The number of aromatic amines is 1. The topological polar surface area (TPSA) is 82.6 Å². The average molecular weight is 368 g/mol. The number of methoxy groups -OCH3 is 1. The number of pyridine rings is 1. The lowest BCUT2D eigenvalue weighted by Crippen LogP contribution is -2.40. The maximum absolute atomic E-state index is 13.0. The van der Waals surface area contributed by atoms with Gasteiger partial charge in [-0.15, -0.1) is 0 Å². The van der Waals surface area contributed by atoms with Gasteiger partial charge in [0.2, 0.25) is 5.91 Å². The fourth-order valence-corrected chi connectivity index (χ4v) is 4.36. The van der Waals surface area contributed by atoms with Crippen molar-refractivity contribution in [2.45, 2.75) is 19.4 Å². The highest BCUT2D eigenvalue weighted by molar-refractivity contribution is 5.82. The molecule has 0 spiro atoms. The summed E-state index contributed by atoms with van der Waals surface area (Å²) in [6.07, 6.45) is 6.26. The van der Waals surface area contributed by atoms with Crippen molar-refractivity contribution in [2.75, 3.05) is 20.3 Å². The molecule has 0 aliphatic heterocycles. The van der Waals surface area contributed by atoms with Gasteiger partial charge in [-0.25, -0.2) is 0 Å². The second-order valence-corrected chi connectivity index (χ2v) is 7.45. The first kappa shape index (κ1) is 17.8. The summed E-state index contributed by atoms with van der Waals surface area (Å²) in [5.74, 6) is 1.47. The number of allylic oxidation sites excluding steroid dienone is 2. The second-order valence-electron chi connectivity index (χ2n) is 7.45. The lowest BCUT2D eigenvalue weighted by molar-refractivity contribution is -0.137.